The second-order valence-electron chi connectivity index (χ2n) is 14.5. The molecule has 1 aliphatic heterocycles. The van der Waals surface area contributed by atoms with Crippen LogP contribution in [0.2, 0.25) is 0 Å². The molecule has 12 rings (SSSR count). The lowest BCUT2D eigenvalue weighted by Gasteiger charge is -2.29. The molecular weight excluding hydrogens is 685 g/mol. The van der Waals surface area contributed by atoms with Crippen molar-refractivity contribution in [2.45, 2.75) is 0 Å². The van der Waals surface area contributed by atoms with Crippen LogP contribution in [-0.4, -0.2) is 4.57 Å². The Balaban J connectivity index is 1.05. The van der Waals surface area contributed by atoms with E-state index >= 15 is 0 Å². The van der Waals surface area contributed by atoms with E-state index < -0.39 is 0 Å². The van der Waals surface area contributed by atoms with Gasteiger partial charge in [0.15, 0.2) is 11.5 Å². The van der Waals surface area contributed by atoms with Crippen LogP contribution in [0.15, 0.2) is 199 Å². The van der Waals surface area contributed by atoms with Gasteiger partial charge in [0, 0.05) is 38.2 Å². The molecule has 0 spiro atoms. The molecule has 11 aromatic rings. The van der Waals surface area contributed by atoms with Crippen LogP contribution < -0.4 is 9.64 Å². The van der Waals surface area contributed by atoms with Crippen LogP contribution in [0.1, 0.15) is 0 Å². The summed E-state index contributed by atoms with van der Waals surface area (Å²) in [6.45, 7) is 0. The van der Waals surface area contributed by atoms with E-state index in [4.69, 9.17) is 9.15 Å². The smallest absolute Gasteiger partial charge is 0.152 e. The lowest BCUT2D eigenvalue weighted by Crippen LogP contribution is -2.11. The number of ether oxygens (including phenoxy) is 1. The minimum absolute atomic E-state index is 0.867. The number of para-hydroxylation sites is 5. The summed E-state index contributed by atoms with van der Waals surface area (Å²) in [5, 5.41) is 7.02. The molecular formula is C52H32N2O2. The minimum atomic E-state index is 0.867. The molecule has 0 saturated heterocycles. The maximum absolute atomic E-state index is 6.42. The number of hydrogen-bond acceptors (Lipinski definition) is 3. The number of fused-ring (bicyclic) bond motifs is 9. The lowest BCUT2D eigenvalue weighted by atomic mass is 9.97. The fourth-order valence-corrected chi connectivity index (χ4v) is 8.91. The number of rotatable bonds is 5. The zero-order valence-electron chi connectivity index (χ0n) is 30.2. The summed E-state index contributed by atoms with van der Waals surface area (Å²) in [4.78, 5) is 2.42. The minimum Gasteiger partial charge on any atom is -0.456 e. The van der Waals surface area contributed by atoms with Gasteiger partial charge < -0.3 is 18.6 Å². The first kappa shape index (κ1) is 30.9. The van der Waals surface area contributed by atoms with E-state index in [9.17, 15) is 0 Å². The molecule has 2 aromatic heterocycles. The molecule has 0 atom stereocenters. The quantitative estimate of drug-likeness (QED) is 0.178. The standard InChI is InChI=1S/C52H32N2O2/c1-2-14-37-33(12-1)13-9-21-44(37)53(36-29-26-34(27-30-36)39-17-10-24-49-51(39)41-16-4-7-22-47(41)55-49)43-19-5-3-15-38(43)35-28-31-45-42(32-35)40-18-11-25-50-52(40)54(45)46-20-6-8-23-48(46)56-50/h1-32H. The Bertz CT molecular complexity index is 3350. The topological polar surface area (TPSA) is 30.5 Å². The summed E-state index contributed by atoms with van der Waals surface area (Å²) in [5.41, 5.74) is 13.0. The van der Waals surface area contributed by atoms with Gasteiger partial charge in [-0.05, 0) is 88.8 Å². The van der Waals surface area contributed by atoms with E-state index in [1.165, 1.54) is 21.5 Å². The molecule has 4 heteroatoms. The third-order valence-electron chi connectivity index (χ3n) is 11.4. The molecule has 9 aromatic carbocycles. The van der Waals surface area contributed by atoms with E-state index in [1.807, 2.05) is 24.3 Å². The van der Waals surface area contributed by atoms with E-state index in [-0.39, 0.29) is 0 Å². The second-order valence-corrected chi connectivity index (χ2v) is 14.5. The summed E-state index contributed by atoms with van der Waals surface area (Å²) < 4.78 is 15.0. The van der Waals surface area contributed by atoms with Crippen molar-refractivity contribution in [3.05, 3.63) is 194 Å². The Labute approximate surface area is 322 Å². The Morgan fingerprint density at radius 3 is 2.04 bits per heavy atom. The highest BCUT2D eigenvalue weighted by Crippen LogP contribution is 2.48. The molecule has 0 amide bonds. The van der Waals surface area contributed by atoms with Gasteiger partial charge in [-0.15, -0.1) is 0 Å². The van der Waals surface area contributed by atoms with Crippen molar-refractivity contribution in [2.75, 3.05) is 4.90 Å². The average molecular weight is 717 g/mol. The number of anilines is 3. The lowest BCUT2D eigenvalue weighted by molar-refractivity contribution is 0.476. The molecule has 262 valence electrons. The van der Waals surface area contributed by atoms with Gasteiger partial charge in [0.1, 0.15) is 11.2 Å². The summed E-state index contributed by atoms with van der Waals surface area (Å²) in [6, 6.07) is 69.1. The van der Waals surface area contributed by atoms with Crippen LogP contribution >= 0.6 is 0 Å². The molecule has 0 radical (unpaired) electrons. The SMILES string of the molecule is c1ccc2c(c1)Oc1cccc3c4cc(-c5ccccc5N(c5ccc(-c6cccc7oc8ccccc8c67)cc5)c5cccc6ccccc56)ccc4n-2c13. The number of furan rings is 1. The van der Waals surface area contributed by atoms with Gasteiger partial charge in [-0.1, -0.05) is 127 Å². The van der Waals surface area contributed by atoms with Crippen LogP contribution in [0.4, 0.5) is 17.1 Å². The van der Waals surface area contributed by atoms with Crippen LogP contribution in [0, 0.1) is 0 Å². The highest BCUT2D eigenvalue weighted by Gasteiger charge is 2.25. The number of hydrogen-bond donors (Lipinski definition) is 0. The van der Waals surface area contributed by atoms with Gasteiger partial charge in [0.2, 0.25) is 0 Å². The third kappa shape index (κ3) is 4.53. The summed E-state index contributed by atoms with van der Waals surface area (Å²) in [6.07, 6.45) is 0. The molecule has 1 aliphatic rings. The van der Waals surface area contributed by atoms with Gasteiger partial charge in [-0.2, -0.15) is 0 Å². The molecule has 0 bridgehead atoms. The van der Waals surface area contributed by atoms with Crippen molar-refractivity contribution in [2.24, 2.45) is 0 Å². The zero-order chi connectivity index (χ0) is 36.7. The Morgan fingerprint density at radius 1 is 0.429 bits per heavy atom. The van der Waals surface area contributed by atoms with Crippen LogP contribution in [0.3, 0.4) is 0 Å². The molecule has 0 aliphatic carbocycles. The average Bonchev–Trinajstić information content (AvgIpc) is 3.81. The largest absolute Gasteiger partial charge is 0.456 e. The zero-order valence-corrected chi connectivity index (χ0v) is 30.2. The first-order valence-corrected chi connectivity index (χ1v) is 19.0. The fraction of sp³-hybridized carbons (Fsp3) is 0. The summed E-state index contributed by atoms with van der Waals surface area (Å²) in [7, 11) is 0. The van der Waals surface area contributed by atoms with E-state index in [0.717, 1.165) is 89.5 Å². The van der Waals surface area contributed by atoms with E-state index in [1.54, 1.807) is 0 Å². The van der Waals surface area contributed by atoms with Crippen LogP contribution in [0.25, 0.3) is 82.5 Å². The molecule has 0 fully saturated rings. The molecule has 56 heavy (non-hydrogen) atoms. The maximum atomic E-state index is 6.42. The Kier molecular flexibility index (Phi) is 6.60. The van der Waals surface area contributed by atoms with Gasteiger partial charge in [-0.25, -0.2) is 0 Å². The number of benzene rings is 9. The van der Waals surface area contributed by atoms with Crippen molar-refractivity contribution in [3.8, 4) is 39.4 Å². The highest BCUT2D eigenvalue weighted by atomic mass is 16.5. The molecule has 0 N–H and O–H groups in total. The third-order valence-corrected chi connectivity index (χ3v) is 11.4. The Hall–Kier alpha value is -7.56. The summed E-state index contributed by atoms with van der Waals surface area (Å²) >= 11 is 0. The second kappa shape index (κ2) is 12.0. The van der Waals surface area contributed by atoms with Gasteiger partial charge in [-0.3, -0.25) is 0 Å². The summed E-state index contributed by atoms with van der Waals surface area (Å²) in [5.74, 6) is 1.74. The Morgan fingerprint density at radius 2 is 1.09 bits per heavy atom. The molecule has 3 heterocycles. The maximum Gasteiger partial charge on any atom is 0.152 e. The monoisotopic (exact) mass is 716 g/mol. The van der Waals surface area contributed by atoms with E-state index in [2.05, 4.69) is 179 Å². The van der Waals surface area contributed by atoms with Gasteiger partial charge in [0.25, 0.3) is 0 Å². The molecule has 0 unspecified atom stereocenters. The molecule has 0 saturated carbocycles. The first-order valence-electron chi connectivity index (χ1n) is 19.0. The predicted octanol–water partition coefficient (Wildman–Crippen LogP) is 14.7. The predicted molar refractivity (Wildman–Crippen MR) is 231 cm³/mol. The highest BCUT2D eigenvalue weighted by molar-refractivity contribution is 6.14. The van der Waals surface area contributed by atoms with E-state index in [0.29, 0.717) is 0 Å². The molecule has 4 nitrogen and oxygen atoms in total. The van der Waals surface area contributed by atoms with Crippen LogP contribution in [0.5, 0.6) is 11.5 Å². The van der Waals surface area contributed by atoms with Crippen molar-refractivity contribution in [3.63, 3.8) is 0 Å². The van der Waals surface area contributed by atoms with Crippen molar-refractivity contribution >= 4 is 71.6 Å². The van der Waals surface area contributed by atoms with Gasteiger partial charge in [0.05, 0.1) is 28.1 Å². The fourth-order valence-electron chi connectivity index (χ4n) is 8.91. The number of aromatic nitrogens is 1. The number of nitrogens with zero attached hydrogens (tertiary/aromatic N) is 2. The van der Waals surface area contributed by atoms with Gasteiger partial charge >= 0.3 is 0 Å². The van der Waals surface area contributed by atoms with Crippen molar-refractivity contribution < 1.29 is 9.15 Å². The van der Waals surface area contributed by atoms with Crippen LogP contribution in [-0.2, 0) is 0 Å². The van der Waals surface area contributed by atoms with Crippen molar-refractivity contribution in [1.29, 1.82) is 0 Å². The normalized spacial score (nSPS) is 12.1. The first-order chi connectivity index (χ1) is 27.8. The van der Waals surface area contributed by atoms with Crippen molar-refractivity contribution in [1.82, 2.24) is 4.57 Å².